The number of carbonyl (C=O) groups excluding carboxylic acids is 1. The van der Waals surface area contributed by atoms with E-state index in [4.69, 9.17) is 0 Å². The second-order valence-electron chi connectivity index (χ2n) is 6.01. The molecule has 164 valence electrons. The van der Waals surface area contributed by atoms with Gasteiger partial charge in [0, 0.05) is 12.1 Å². The Hall–Kier alpha value is -3.12. The van der Waals surface area contributed by atoms with Crippen LogP contribution in [-0.4, -0.2) is 40.1 Å². The highest BCUT2D eigenvalue weighted by atomic mass is 19.4. The predicted molar refractivity (Wildman–Crippen MR) is 94.5 cm³/mol. The summed E-state index contributed by atoms with van der Waals surface area (Å²) < 4.78 is 80.3. The summed E-state index contributed by atoms with van der Waals surface area (Å²) in [6.45, 7) is -0.0885. The Morgan fingerprint density at radius 3 is 2.40 bits per heavy atom. The second-order valence-corrected chi connectivity index (χ2v) is 6.01. The van der Waals surface area contributed by atoms with E-state index >= 15 is 0 Å². The Morgan fingerprint density at radius 2 is 1.77 bits per heavy atom. The van der Waals surface area contributed by atoms with Gasteiger partial charge in [0.1, 0.15) is 0 Å². The van der Waals surface area contributed by atoms with Crippen molar-refractivity contribution in [3.8, 4) is 6.01 Å². The molecule has 0 saturated carbocycles. The van der Waals surface area contributed by atoms with Crippen LogP contribution >= 0.6 is 0 Å². The third-order valence-corrected chi connectivity index (χ3v) is 3.40. The fourth-order valence-corrected chi connectivity index (χ4v) is 2.15. The molecule has 0 unspecified atom stereocenters. The van der Waals surface area contributed by atoms with Crippen LogP contribution in [0.4, 0.5) is 43.9 Å². The number of anilines is 3. The molecule has 0 atom stereocenters. The van der Waals surface area contributed by atoms with E-state index in [1.807, 2.05) is 0 Å². The Kier molecular flexibility index (Phi) is 7.40. The lowest BCUT2D eigenvalue weighted by Crippen LogP contribution is -2.21. The molecule has 0 radical (unpaired) electrons. The zero-order valence-electron chi connectivity index (χ0n) is 15.6. The normalized spacial score (nSPS) is 11.8. The molecule has 0 fully saturated rings. The number of hydrogen-bond donors (Lipinski definition) is 2. The largest absolute Gasteiger partial charge is 0.454 e. The van der Waals surface area contributed by atoms with Crippen LogP contribution in [0, 0.1) is 0 Å². The standard InChI is InChI=1S/C17H17F6N5O2/c1-2-4-12(29)8-24-13-26-14(28-15(27-13)30-9-16(18,19)20)25-11-6-3-5-10(7-11)17(21,22)23/h3,5-7H,2,4,8-9H2,1H3,(H2,24,25,26,27,28). The fraction of sp³-hybridized carbons (Fsp3) is 0.412. The predicted octanol–water partition coefficient (Wildman–Crippen LogP) is 4.36. The molecular formula is C17H17F6N5O2. The lowest BCUT2D eigenvalue weighted by atomic mass is 10.2. The summed E-state index contributed by atoms with van der Waals surface area (Å²) in [4.78, 5) is 22.8. The quantitative estimate of drug-likeness (QED) is 0.564. The Balaban J connectivity index is 2.25. The highest BCUT2D eigenvalue weighted by Crippen LogP contribution is 2.31. The first-order valence-electron chi connectivity index (χ1n) is 8.62. The number of hydrogen-bond acceptors (Lipinski definition) is 7. The number of alkyl halides is 6. The second kappa shape index (κ2) is 9.59. The van der Waals surface area contributed by atoms with E-state index in [1.54, 1.807) is 6.92 Å². The highest BCUT2D eigenvalue weighted by Gasteiger charge is 2.31. The molecule has 13 heteroatoms. The zero-order chi connectivity index (χ0) is 22.4. The minimum atomic E-state index is -4.66. The molecule has 2 aromatic rings. The molecule has 0 aliphatic rings. The monoisotopic (exact) mass is 437 g/mol. The van der Waals surface area contributed by atoms with E-state index in [9.17, 15) is 31.1 Å². The summed E-state index contributed by atoms with van der Waals surface area (Å²) in [6, 6.07) is 3.33. The maximum Gasteiger partial charge on any atom is 0.422 e. The Morgan fingerprint density at radius 1 is 1.07 bits per heavy atom. The molecular weight excluding hydrogens is 420 g/mol. The highest BCUT2D eigenvalue weighted by molar-refractivity contribution is 5.82. The number of aromatic nitrogens is 3. The van der Waals surface area contributed by atoms with Crippen LogP contribution in [0.25, 0.3) is 0 Å². The number of benzene rings is 1. The van der Waals surface area contributed by atoms with Crippen LogP contribution in [0.3, 0.4) is 0 Å². The SMILES string of the molecule is CCCC(=O)CNc1nc(Nc2cccc(C(F)(F)F)c2)nc(OCC(F)(F)F)n1. The molecule has 1 heterocycles. The molecule has 0 bridgehead atoms. The lowest BCUT2D eigenvalue weighted by molar-refractivity contribution is -0.154. The molecule has 0 amide bonds. The van der Waals surface area contributed by atoms with Crippen LogP contribution < -0.4 is 15.4 Å². The van der Waals surface area contributed by atoms with Gasteiger partial charge in [-0.2, -0.15) is 41.3 Å². The number of halogens is 6. The topological polar surface area (TPSA) is 89.0 Å². The van der Waals surface area contributed by atoms with Crippen LogP contribution in [-0.2, 0) is 11.0 Å². The van der Waals surface area contributed by atoms with Gasteiger partial charge >= 0.3 is 18.4 Å². The van der Waals surface area contributed by atoms with E-state index in [1.165, 1.54) is 6.07 Å². The number of Topliss-reactive ketones (excluding diaryl/α,β-unsaturated/α-hetero) is 1. The molecule has 0 aliphatic heterocycles. The van der Waals surface area contributed by atoms with Gasteiger partial charge in [-0.1, -0.05) is 13.0 Å². The smallest absolute Gasteiger partial charge is 0.422 e. The number of nitrogens with one attached hydrogen (secondary N) is 2. The molecule has 1 aromatic carbocycles. The van der Waals surface area contributed by atoms with Crippen LogP contribution in [0.5, 0.6) is 6.01 Å². The van der Waals surface area contributed by atoms with Crippen molar-refractivity contribution in [2.75, 3.05) is 23.8 Å². The molecule has 2 rings (SSSR count). The van der Waals surface area contributed by atoms with E-state index in [0.717, 1.165) is 18.2 Å². The van der Waals surface area contributed by atoms with E-state index < -0.39 is 30.5 Å². The van der Waals surface area contributed by atoms with Gasteiger partial charge in [0.05, 0.1) is 12.1 Å². The van der Waals surface area contributed by atoms with Crippen LogP contribution in [0.2, 0.25) is 0 Å². The molecule has 0 aliphatic carbocycles. The van der Waals surface area contributed by atoms with Gasteiger partial charge < -0.3 is 15.4 Å². The molecule has 30 heavy (non-hydrogen) atoms. The van der Waals surface area contributed by atoms with Gasteiger partial charge in [-0.05, 0) is 24.6 Å². The lowest BCUT2D eigenvalue weighted by Gasteiger charge is -2.12. The average Bonchev–Trinajstić information content (AvgIpc) is 2.64. The number of ether oxygens (including phenoxy) is 1. The molecule has 0 spiro atoms. The van der Waals surface area contributed by atoms with Gasteiger partial charge in [-0.3, -0.25) is 4.79 Å². The first-order valence-corrected chi connectivity index (χ1v) is 8.62. The Bertz CT molecular complexity index is 872. The first-order chi connectivity index (χ1) is 14.0. The molecule has 7 nitrogen and oxygen atoms in total. The van der Waals surface area contributed by atoms with Crippen LogP contribution in [0.15, 0.2) is 24.3 Å². The van der Waals surface area contributed by atoms with Gasteiger partial charge in [-0.25, -0.2) is 0 Å². The molecule has 1 aromatic heterocycles. The van der Waals surface area contributed by atoms with Crippen molar-refractivity contribution in [2.45, 2.75) is 32.1 Å². The van der Waals surface area contributed by atoms with E-state index in [-0.39, 0.29) is 36.3 Å². The van der Waals surface area contributed by atoms with Crippen LogP contribution in [0.1, 0.15) is 25.3 Å². The minimum absolute atomic E-state index is 0.0641. The van der Waals surface area contributed by atoms with Gasteiger partial charge in [0.2, 0.25) is 11.9 Å². The van der Waals surface area contributed by atoms with Crippen molar-refractivity contribution >= 4 is 23.4 Å². The first kappa shape index (κ1) is 23.2. The van der Waals surface area contributed by atoms with Crippen molar-refractivity contribution in [2.24, 2.45) is 0 Å². The maximum absolute atomic E-state index is 12.8. The van der Waals surface area contributed by atoms with Gasteiger partial charge in [-0.15, -0.1) is 0 Å². The summed E-state index contributed by atoms with van der Waals surface area (Å²) in [7, 11) is 0. The Labute approximate surface area is 166 Å². The van der Waals surface area contributed by atoms with E-state index in [0.29, 0.717) is 6.42 Å². The number of nitrogens with zero attached hydrogens (tertiary/aromatic N) is 3. The van der Waals surface area contributed by atoms with E-state index in [2.05, 4.69) is 30.3 Å². The third-order valence-electron chi connectivity index (χ3n) is 3.40. The van der Waals surface area contributed by atoms with Gasteiger partial charge in [0.25, 0.3) is 0 Å². The molecule has 0 saturated heterocycles. The van der Waals surface area contributed by atoms with Crippen molar-refractivity contribution in [3.63, 3.8) is 0 Å². The summed E-state index contributed by atoms with van der Waals surface area (Å²) in [5, 5.41) is 4.99. The zero-order valence-corrected chi connectivity index (χ0v) is 15.6. The van der Waals surface area contributed by atoms with Crippen molar-refractivity contribution in [1.82, 2.24) is 15.0 Å². The third kappa shape index (κ3) is 7.72. The summed E-state index contributed by atoms with van der Waals surface area (Å²) in [6.07, 6.45) is -8.39. The average molecular weight is 437 g/mol. The summed E-state index contributed by atoms with van der Waals surface area (Å²) in [5.74, 6) is -0.837. The summed E-state index contributed by atoms with van der Waals surface area (Å²) >= 11 is 0. The van der Waals surface area contributed by atoms with Gasteiger partial charge in [0.15, 0.2) is 12.4 Å². The van der Waals surface area contributed by atoms with Crippen molar-refractivity contribution in [3.05, 3.63) is 29.8 Å². The van der Waals surface area contributed by atoms with Crippen molar-refractivity contribution in [1.29, 1.82) is 0 Å². The fourth-order valence-electron chi connectivity index (χ4n) is 2.15. The van der Waals surface area contributed by atoms with Crippen molar-refractivity contribution < 1.29 is 35.9 Å². The molecule has 2 N–H and O–H groups in total. The number of rotatable bonds is 9. The summed E-state index contributed by atoms with van der Waals surface area (Å²) in [5.41, 5.74) is -1.01. The minimum Gasteiger partial charge on any atom is -0.454 e. The number of ketones is 1. The maximum atomic E-state index is 12.8. The number of carbonyl (C=O) groups is 1.